The van der Waals surface area contributed by atoms with Gasteiger partial charge in [0.2, 0.25) is 0 Å². The molecule has 2 aromatic carbocycles. The number of aliphatic carboxylic acids is 1. The Morgan fingerprint density at radius 2 is 1.72 bits per heavy atom. The average Bonchev–Trinajstić information content (AvgIpc) is 3.08. The summed E-state index contributed by atoms with van der Waals surface area (Å²) in [5.41, 5.74) is 0.828. The molecule has 4 nitrogen and oxygen atoms in total. The van der Waals surface area contributed by atoms with Gasteiger partial charge in [0.25, 0.3) is 0 Å². The number of benzene rings is 2. The summed E-state index contributed by atoms with van der Waals surface area (Å²) in [5.74, 6) is -1.05. The molecule has 1 aliphatic carbocycles. The fraction of sp³-hybridized carbons (Fsp3) is 0.263. The van der Waals surface area contributed by atoms with Gasteiger partial charge in [-0.05, 0) is 31.4 Å². The molecule has 0 unspecified atom stereocenters. The van der Waals surface area contributed by atoms with Gasteiger partial charge in [0, 0.05) is 11.1 Å². The molecular formula is C19H16Cl2O4. The molecule has 1 N–H and O–H groups in total. The average molecular weight is 379 g/mol. The van der Waals surface area contributed by atoms with Crippen LogP contribution >= 0.6 is 23.2 Å². The van der Waals surface area contributed by atoms with Crippen LogP contribution in [-0.2, 0) is 4.79 Å². The van der Waals surface area contributed by atoms with Crippen LogP contribution < -0.4 is 4.74 Å². The number of carboxylic acid groups (broad SMARTS) is 1. The predicted octanol–water partition coefficient (Wildman–Crippen LogP) is 4.86. The second-order valence-electron chi connectivity index (χ2n) is 6.02. The first-order valence-electron chi connectivity index (χ1n) is 7.94. The first kappa shape index (κ1) is 17.8. The van der Waals surface area contributed by atoms with Crippen LogP contribution in [0.2, 0.25) is 10.0 Å². The number of carbonyl (C=O) groups is 2. The van der Waals surface area contributed by atoms with Crippen molar-refractivity contribution in [3.8, 4) is 5.75 Å². The Kier molecular flexibility index (Phi) is 5.30. The molecule has 1 aliphatic rings. The molecule has 0 heterocycles. The standard InChI is InChI=1S/C19H16Cl2O4/c20-16-14(18(22)11-4-2-1-3-5-11)8-9-15(17(16)21)25-13-7-6-12(10-13)19(23)24/h1-5,8-9,12-13H,6-7,10H2,(H,23,24)/t12-,13-/m1/s1. The molecule has 0 radical (unpaired) electrons. The minimum atomic E-state index is -0.806. The van der Waals surface area contributed by atoms with Crippen molar-refractivity contribution >= 4 is 35.0 Å². The van der Waals surface area contributed by atoms with Crippen molar-refractivity contribution in [2.75, 3.05) is 0 Å². The Balaban J connectivity index is 1.79. The summed E-state index contributed by atoms with van der Waals surface area (Å²) in [6, 6.07) is 12.0. The van der Waals surface area contributed by atoms with E-state index in [-0.39, 0.29) is 21.9 Å². The second-order valence-corrected chi connectivity index (χ2v) is 6.78. The molecule has 0 bridgehead atoms. The lowest BCUT2D eigenvalue weighted by atomic mass is 10.0. The van der Waals surface area contributed by atoms with Gasteiger partial charge in [-0.25, -0.2) is 0 Å². The van der Waals surface area contributed by atoms with Crippen LogP contribution in [0.3, 0.4) is 0 Å². The summed E-state index contributed by atoms with van der Waals surface area (Å²) < 4.78 is 5.82. The van der Waals surface area contributed by atoms with Crippen molar-refractivity contribution < 1.29 is 19.4 Å². The minimum Gasteiger partial charge on any atom is -0.489 e. The lowest BCUT2D eigenvalue weighted by Gasteiger charge is -2.16. The SMILES string of the molecule is O=C(c1ccccc1)c1ccc(O[C@@H]2CC[C@@H](C(=O)O)C2)c(Cl)c1Cl. The largest absolute Gasteiger partial charge is 0.489 e. The van der Waals surface area contributed by atoms with E-state index in [1.165, 1.54) is 0 Å². The maximum atomic E-state index is 12.5. The maximum Gasteiger partial charge on any atom is 0.306 e. The third-order valence-electron chi connectivity index (χ3n) is 4.35. The highest BCUT2D eigenvalue weighted by atomic mass is 35.5. The highest BCUT2D eigenvalue weighted by Gasteiger charge is 2.31. The van der Waals surface area contributed by atoms with E-state index in [0.717, 1.165) is 0 Å². The van der Waals surface area contributed by atoms with Crippen LogP contribution in [0.15, 0.2) is 42.5 Å². The van der Waals surface area contributed by atoms with E-state index >= 15 is 0 Å². The molecule has 130 valence electrons. The molecule has 0 saturated heterocycles. The molecule has 0 aromatic heterocycles. The Bertz CT molecular complexity index is 805. The fourth-order valence-electron chi connectivity index (χ4n) is 2.99. The van der Waals surface area contributed by atoms with Gasteiger partial charge in [-0.1, -0.05) is 53.5 Å². The summed E-state index contributed by atoms with van der Waals surface area (Å²) in [5, 5.41) is 9.37. The van der Waals surface area contributed by atoms with Crippen LogP contribution in [-0.4, -0.2) is 23.0 Å². The van der Waals surface area contributed by atoms with Crippen LogP contribution in [0.4, 0.5) is 0 Å². The number of halogens is 2. The minimum absolute atomic E-state index is 0.140. The molecule has 0 amide bonds. The molecule has 2 aromatic rings. The second kappa shape index (κ2) is 7.46. The maximum absolute atomic E-state index is 12.5. The Labute approximate surface area is 155 Å². The van der Waals surface area contributed by atoms with E-state index in [2.05, 4.69) is 0 Å². The van der Waals surface area contributed by atoms with E-state index in [0.29, 0.717) is 36.1 Å². The zero-order valence-corrected chi connectivity index (χ0v) is 14.8. The van der Waals surface area contributed by atoms with Gasteiger partial charge in [0.15, 0.2) is 5.78 Å². The lowest BCUT2D eigenvalue weighted by Crippen LogP contribution is -2.16. The molecular weight excluding hydrogens is 363 g/mol. The van der Waals surface area contributed by atoms with E-state index in [1.54, 1.807) is 36.4 Å². The van der Waals surface area contributed by atoms with Crippen molar-refractivity contribution in [3.63, 3.8) is 0 Å². The van der Waals surface area contributed by atoms with E-state index in [4.69, 9.17) is 33.0 Å². The van der Waals surface area contributed by atoms with Crippen LogP contribution in [0.25, 0.3) is 0 Å². The Morgan fingerprint density at radius 1 is 1.00 bits per heavy atom. The van der Waals surface area contributed by atoms with Gasteiger partial charge >= 0.3 is 5.97 Å². The summed E-state index contributed by atoms with van der Waals surface area (Å²) in [4.78, 5) is 23.6. The van der Waals surface area contributed by atoms with Gasteiger partial charge in [0.05, 0.1) is 17.0 Å². The molecule has 0 spiro atoms. The number of hydrogen-bond donors (Lipinski definition) is 1. The zero-order chi connectivity index (χ0) is 18.0. The number of hydrogen-bond acceptors (Lipinski definition) is 3. The van der Waals surface area contributed by atoms with Gasteiger partial charge < -0.3 is 9.84 Å². The summed E-state index contributed by atoms with van der Waals surface area (Å²) in [6.07, 6.45) is 1.45. The van der Waals surface area contributed by atoms with Crippen molar-refractivity contribution in [2.45, 2.75) is 25.4 Å². The lowest BCUT2D eigenvalue weighted by molar-refractivity contribution is -0.141. The molecule has 25 heavy (non-hydrogen) atoms. The van der Waals surface area contributed by atoms with Crippen molar-refractivity contribution in [1.29, 1.82) is 0 Å². The summed E-state index contributed by atoms with van der Waals surface area (Å²) >= 11 is 12.6. The number of carboxylic acids is 1. The van der Waals surface area contributed by atoms with Crippen molar-refractivity contribution in [2.24, 2.45) is 5.92 Å². The molecule has 6 heteroatoms. The summed E-state index contributed by atoms with van der Waals surface area (Å²) in [7, 11) is 0. The van der Waals surface area contributed by atoms with Gasteiger partial charge in [0.1, 0.15) is 10.8 Å². The predicted molar refractivity (Wildman–Crippen MR) is 95.7 cm³/mol. The first-order valence-corrected chi connectivity index (χ1v) is 8.70. The fourth-order valence-corrected chi connectivity index (χ4v) is 3.45. The number of carbonyl (C=O) groups excluding carboxylic acids is 1. The molecule has 2 atom stereocenters. The smallest absolute Gasteiger partial charge is 0.306 e. The normalized spacial score (nSPS) is 19.6. The Hall–Kier alpha value is -2.04. The van der Waals surface area contributed by atoms with Gasteiger partial charge in [-0.3, -0.25) is 9.59 Å². The highest BCUT2D eigenvalue weighted by molar-refractivity contribution is 6.45. The third-order valence-corrected chi connectivity index (χ3v) is 5.22. The van der Waals surface area contributed by atoms with Gasteiger partial charge in [-0.15, -0.1) is 0 Å². The molecule has 0 aliphatic heterocycles. The van der Waals surface area contributed by atoms with E-state index in [1.807, 2.05) is 6.07 Å². The monoisotopic (exact) mass is 378 g/mol. The topological polar surface area (TPSA) is 63.6 Å². The third kappa shape index (κ3) is 3.80. The van der Waals surface area contributed by atoms with Crippen LogP contribution in [0, 0.1) is 5.92 Å². The van der Waals surface area contributed by atoms with Gasteiger partial charge in [-0.2, -0.15) is 0 Å². The first-order chi connectivity index (χ1) is 12.0. The number of rotatable bonds is 5. The van der Waals surface area contributed by atoms with Crippen molar-refractivity contribution in [3.05, 3.63) is 63.6 Å². The molecule has 3 rings (SSSR count). The molecule has 1 saturated carbocycles. The number of ether oxygens (including phenoxy) is 1. The van der Waals surface area contributed by atoms with Crippen molar-refractivity contribution in [1.82, 2.24) is 0 Å². The number of ketones is 1. The van der Waals surface area contributed by atoms with Crippen LogP contribution in [0.1, 0.15) is 35.2 Å². The Morgan fingerprint density at radius 3 is 2.36 bits per heavy atom. The quantitative estimate of drug-likeness (QED) is 0.754. The van der Waals surface area contributed by atoms with E-state index in [9.17, 15) is 9.59 Å². The zero-order valence-electron chi connectivity index (χ0n) is 13.2. The van der Waals surface area contributed by atoms with Crippen LogP contribution in [0.5, 0.6) is 5.75 Å². The van der Waals surface area contributed by atoms with E-state index < -0.39 is 11.9 Å². The molecule has 1 fully saturated rings. The highest BCUT2D eigenvalue weighted by Crippen LogP contribution is 2.38. The summed E-state index contributed by atoms with van der Waals surface area (Å²) in [6.45, 7) is 0.